The summed E-state index contributed by atoms with van der Waals surface area (Å²) in [5.41, 5.74) is 0.100. The van der Waals surface area contributed by atoms with Gasteiger partial charge in [-0.15, -0.1) is 0 Å². The lowest BCUT2D eigenvalue weighted by Gasteiger charge is -2.15. The van der Waals surface area contributed by atoms with Crippen molar-refractivity contribution in [1.82, 2.24) is 5.32 Å². The molecule has 0 atom stereocenters. The SMILES string of the molecule is COc1ccc(CCNC(=O)C(C)(C)C#N)cc1Br. The second-order valence-corrected chi connectivity index (χ2v) is 5.57. The number of methoxy groups -OCH3 is 1. The fourth-order valence-electron chi connectivity index (χ4n) is 1.46. The molecule has 102 valence electrons. The van der Waals surface area contributed by atoms with E-state index in [-0.39, 0.29) is 5.91 Å². The van der Waals surface area contributed by atoms with Gasteiger partial charge in [0.25, 0.3) is 0 Å². The third-order valence-electron chi connectivity index (χ3n) is 2.76. The normalized spacial score (nSPS) is 10.7. The average Bonchev–Trinajstić information content (AvgIpc) is 2.38. The van der Waals surface area contributed by atoms with Crippen LogP contribution in [0.4, 0.5) is 0 Å². The van der Waals surface area contributed by atoms with Gasteiger partial charge in [0.1, 0.15) is 11.2 Å². The monoisotopic (exact) mass is 324 g/mol. The number of nitrogens with one attached hydrogen (secondary N) is 1. The number of nitrogens with zero attached hydrogens (tertiary/aromatic N) is 1. The van der Waals surface area contributed by atoms with Crippen LogP contribution in [0.3, 0.4) is 0 Å². The number of carbonyl (C=O) groups is 1. The van der Waals surface area contributed by atoms with Gasteiger partial charge < -0.3 is 10.1 Å². The van der Waals surface area contributed by atoms with Crippen LogP contribution >= 0.6 is 15.9 Å². The Morgan fingerprint density at radius 3 is 2.74 bits per heavy atom. The van der Waals surface area contributed by atoms with Crippen molar-refractivity contribution in [1.29, 1.82) is 5.26 Å². The Balaban J connectivity index is 2.53. The Morgan fingerprint density at radius 2 is 2.21 bits per heavy atom. The second kappa shape index (κ2) is 6.58. The summed E-state index contributed by atoms with van der Waals surface area (Å²) in [6, 6.07) is 7.76. The van der Waals surface area contributed by atoms with Gasteiger partial charge in [-0.25, -0.2) is 0 Å². The van der Waals surface area contributed by atoms with Crippen LogP contribution in [0.25, 0.3) is 0 Å². The highest BCUT2D eigenvalue weighted by Gasteiger charge is 2.26. The molecule has 0 aromatic heterocycles. The molecule has 5 heteroatoms. The molecule has 0 unspecified atom stereocenters. The summed E-state index contributed by atoms with van der Waals surface area (Å²) in [7, 11) is 1.62. The van der Waals surface area contributed by atoms with Crippen LogP contribution in [0.1, 0.15) is 19.4 Å². The van der Waals surface area contributed by atoms with Crippen LogP contribution in [0.15, 0.2) is 22.7 Å². The van der Waals surface area contributed by atoms with E-state index in [0.717, 1.165) is 15.8 Å². The molecular weight excluding hydrogens is 308 g/mol. The molecule has 4 nitrogen and oxygen atoms in total. The van der Waals surface area contributed by atoms with Crippen LogP contribution in [0.5, 0.6) is 5.75 Å². The zero-order valence-electron chi connectivity index (χ0n) is 11.3. The number of amides is 1. The Kier molecular flexibility index (Phi) is 5.37. The van der Waals surface area contributed by atoms with Crippen molar-refractivity contribution in [3.05, 3.63) is 28.2 Å². The molecule has 1 aromatic carbocycles. The van der Waals surface area contributed by atoms with E-state index >= 15 is 0 Å². The van der Waals surface area contributed by atoms with E-state index in [0.29, 0.717) is 13.0 Å². The first kappa shape index (κ1) is 15.5. The van der Waals surface area contributed by atoms with Gasteiger partial charge in [0.05, 0.1) is 17.7 Å². The third kappa shape index (κ3) is 4.25. The first-order valence-electron chi connectivity index (χ1n) is 5.92. The van der Waals surface area contributed by atoms with Crippen molar-refractivity contribution in [2.75, 3.05) is 13.7 Å². The average molecular weight is 325 g/mol. The van der Waals surface area contributed by atoms with Crippen molar-refractivity contribution in [3.63, 3.8) is 0 Å². The predicted molar refractivity (Wildman–Crippen MR) is 76.8 cm³/mol. The van der Waals surface area contributed by atoms with Crippen molar-refractivity contribution in [2.24, 2.45) is 5.41 Å². The second-order valence-electron chi connectivity index (χ2n) is 4.71. The molecule has 1 aromatic rings. The highest BCUT2D eigenvalue weighted by molar-refractivity contribution is 9.10. The molecule has 0 radical (unpaired) electrons. The van der Waals surface area contributed by atoms with E-state index < -0.39 is 5.41 Å². The smallest absolute Gasteiger partial charge is 0.239 e. The van der Waals surface area contributed by atoms with Gasteiger partial charge in [0.15, 0.2) is 0 Å². The first-order valence-corrected chi connectivity index (χ1v) is 6.72. The minimum absolute atomic E-state index is 0.248. The molecular formula is C14H17BrN2O2. The quantitative estimate of drug-likeness (QED) is 0.905. The number of benzene rings is 1. The number of hydrogen-bond acceptors (Lipinski definition) is 3. The summed E-state index contributed by atoms with van der Waals surface area (Å²) >= 11 is 3.42. The van der Waals surface area contributed by atoms with E-state index in [1.54, 1.807) is 21.0 Å². The summed E-state index contributed by atoms with van der Waals surface area (Å²) in [5, 5.41) is 11.6. The van der Waals surface area contributed by atoms with E-state index in [9.17, 15) is 4.79 Å². The zero-order chi connectivity index (χ0) is 14.5. The maximum Gasteiger partial charge on any atom is 0.239 e. The molecule has 19 heavy (non-hydrogen) atoms. The molecule has 0 aliphatic rings. The highest BCUT2D eigenvalue weighted by atomic mass is 79.9. The fourth-order valence-corrected chi connectivity index (χ4v) is 2.05. The topological polar surface area (TPSA) is 62.1 Å². The summed E-state index contributed by atoms with van der Waals surface area (Å²) in [6.45, 7) is 3.71. The molecule has 0 fully saturated rings. The van der Waals surface area contributed by atoms with E-state index in [2.05, 4.69) is 21.2 Å². The number of hydrogen-bond donors (Lipinski definition) is 1. The molecule has 0 saturated heterocycles. The number of ether oxygens (including phenoxy) is 1. The third-order valence-corrected chi connectivity index (χ3v) is 3.38. The summed E-state index contributed by atoms with van der Waals surface area (Å²) in [6.07, 6.45) is 0.704. The summed E-state index contributed by atoms with van der Waals surface area (Å²) < 4.78 is 6.03. The van der Waals surface area contributed by atoms with Crippen LogP contribution in [-0.2, 0) is 11.2 Å². The largest absolute Gasteiger partial charge is 0.496 e. The molecule has 1 amide bonds. The minimum Gasteiger partial charge on any atom is -0.496 e. The van der Waals surface area contributed by atoms with Crippen LogP contribution in [0.2, 0.25) is 0 Å². The molecule has 0 aliphatic heterocycles. The van der Waals surface area contributed by atoms with Gasteiger partial charge >= 0.3 is 0 Å². The molecule has 0 spiro atoms. The lowest BCUT2D eigenvalue weighted by Crippen LogP contribution is -2.36. The Labute approximate surface area is 121 Å². The van der Waals surface area contributed by atoms with Gasteiger partial charge in [-0.1, -0.05) is 6.07 Å². The maximum absolute atomic E-state index is 11.7. The number of halogens is 1. The molecule has 0 aliphatic carbocycles. The maximum atomic E-state index is 11.7. The highest BCUT2D eigenvalue weighted by Crippen LogP contribution is 2.25. The fraction of sp³-hybridized carbons (Fsp3) is 0.429. The van der Waals surface area contributed by atoms with Crippen LogP contribution in [-0.4, -0.2) is 19.6 Å². The van der Waals surface area contributed by atoms with Gasteiger partial charge in [-0.2, -0.15) is 5.26 Å². The van der Waals surface area contributed by atoms with Crippen molar-refractivity contribution in [3.8, 4) is 11.8 Å². The standard InChI is InChI=1S/C14H17BrN2O2/c1-14(2,9-16)13(18)17-7-6-10-4-5-12(19-3)11(15)8-10/h4-5,8H,6-7H2,1-3H3,(H,17,18). The van der Waals surface area contributed by atoms with Crippen molar-refractivity contribution in [2.45, 2.75) is 20.3 Å². The van der Waals surface area contributed by atoms with Crippen LogP contribution in [0, 0.1) is 16.7 Å². The lowest BCUT2D eigenvalue weighted by atomic mass is 9.95. The molecule has 1 N–H and O–H groups in total. The van der Waals surface area contributed by atoms with E-state index in [4.69, 9.17) is 10.00 Å². The molecule has 0 bridgehead atoms. The van der Waals surface area contributed by atoms with Crippen molar-refractivity contribution >= 4 is 21.8 Å². The summed E-state index contributed by atoms with van der Waals surface area (Å²) in [5.74, 6) is 0.529. The molecule has 0 saturated carbocycles. The predicted octanol–water partition coefficient (Wildman–Crippen LogP) is 2.67. The number of carbonyl (C=O) groups excluding carboxylic acids is 1. The Hall–Kier alpha value is -1.54. The lowest BCUT2D eigenvalue weighted by molar-refractivity contribution is -0.126. The Bertz CT molecular complexity index is 507. The summed E-state index contributed by atoms with van der Waals surface area (Å²) in [4.78, 5) is 11.7. The van der Waals surface area contributed by atoms with Gasteiger partial charge in [-0.3, -0.25) is 4.79 Å². The molecule has 0 heterocycles. The Morgan fingerprint density at radius 1 is 1.53 bits per heavy atom. The van der Waals surface area contributed by atoms with Gasteiger partial charge in [-0.05, 0) is 53.9 Å². The van der Waals surface area contributed by atoms with Crippen LogP contribution < -0.4 is 10.1 Å². The minimum atomic E-state index is -0.986. The van der Waals surface area contributed by atoms with Gasteiger partial charge in [0, 0.05) is 6.54 Å². The van der Waals surface area contributed by atoms with Gasteiger partial charge in [0.2, 0.25) is 5.91 Å². The van der Waals surface area contributed by atoms with Crippen molar-refractivity contribution < 1.29 is 9.53 Å². The number of rotatable bonds is 5. The first-order chi connectivity index (χ1) is 8.90. The number of nitriles is 1. The molecule has 1 rings (SSSR count). The zero-order valence-corrected chi connectivity index (χ0v) is 12.9. The van der Waals surface area contributed by atoms with E-state index in [1.807, 2.05) is 24.3 Å². The van der Waals surface area contributed by atoms with E-state index in [1.165, 1.54) is 0 Å².